The summed E-state index contributed by atoms with van der Waals surface area (Å²) >= 11 is 4.52. The summed E-state index contributed by atoms with van der Waals surface area (Å²) in [5.74, 6) is -1.84. The lowest BCUT2D eigenvalue weighted by Gasteiger charge is -2.00. The summed E-state index contributed by atoms with van der Waals surface area (Å²) in [5, 5.41) is 38.2. The summed E-state index contributed by atoms with van der Waals surface area (Å²) in [5.41, 5.74) is 4.82. The van der Waals surface area contributed by atoms with Crippen LogP contribution in [0.4, 0.5) is 0 Å². The van der Waals surface area contributed by atoms with Crippen LogP contribution in [0.1, 0.15) is 22.3 Å². The standard InChI is InChI=1S/C30H24O6S3/c31-15-17-3-1-5-19(9-17)25-11-21(13-27(33)34)29(38-25)23-7-8-24(37-23)30-22(14-28(35)36)12-26(39-30)20-6-2-4-18(10-20)16-32/h1-12,31-32H,13-16H2,(H,33,34)(H,35,36). The van der Waals surface area contributed by atoms with E-state index in [0.29, 0.717) is 11.1 Å². The molecule has 5 aromatic rings. The maximum Gasteiger partial charge on any atom is 0.307 e. The molecule has 0 aliphatic rings. The molecule has 2 aromatic carbocycles. The number of rotatable bonds is 10. The highest BCUT2D eigenvalue weighted by atomic mass is 32.1. The molecule has 0 aliphatic heterocycles. The zero-order valence-electron chi connectivity index (χ0n) is 20.6. The van der Waals surface area contributed by atoms with Gasteiger partial charge < -0.3 is 20.4 Å². The third kappa shape index (κ3) is 6.03. The van der Waals surface area contributed by atoms with Gasteiger partial charge in [-0.15, -0.1) is 34.0 Å². The zero-order chi connectivity index (χ0) is 27.5. The minimum Gasteiger partial charge on any atom is -0.481 e. The van der Waals surface area contributed by atoms with Crippen LogP contribution in [0.15, 0.2) is 72.8 Å². The number of hydrogen-bond acceptors (Lipinski definition) is 7. The highest BCUT2D eigenvalue weighted by molar-refractivity contribution is 7.28. The zero-order valence-corrected chi connectivity index (χ0v) is 23.0. The molecular weight excluding hydrogens is 553 g/mol. The van der Waals surface area contributed by atoms with Crippen LogP contribution >= 0.6 is 34.0 Å². The molecule has 3 heterocycles. The van der Waals surface area contributed by atoms with E-state index in [0.717, 1.165) is 51.5 Å². The topological polar surface area (TPSA) is 115 Å². The molecule has 0 bridgehead atoms. The van der Waals surface area contributed by atoms with Gasteiger partial charge in [0, 0.05) is 29.3 Å². The van der Waals surface area contributed by atoms with Crippen molar-refractivity contribution in [2.45, 2.75) is 26.1 Å². The lowest BCUT2D eigenvalue weighted by atomic mass is 10.1. The Labute approximate surface area is 236 Å². The molecule has 4 N–H and O–H groups in total. The maximum atomic E-state index is 11.7. The summed E-state index contributed by atoms with van der Waals surface area (Å²) in [7, 11) is 0. The monoisotopic (exact) mass is 576 g/mol. The van der Waals surface area contributed by atoms with Gasteiger partial charge in [-0.25, -0.2) is 0 Å². The first kappa shape index (κ1) is 27.0. The Hall–Kier alpha value is -3.60. The molecule has 0 radical (unpaired) electrons. The molecule has 3 aromatic heterocycles. The molecule has 198 valence electrons. The maximum absolute atomic E-state index is 11.7. The van der Waals surface area contributed by atoms with Gasteiger partial charge in [-0.2, -0.15) is 0 Å². The normalized spacial score (nSPS) is 11.1. The van der Waals surface area contributed by atoms with Crippen molar-refractivity contribution < 1.29 is 30.0 Å². The summed E-state index contributed by atoms with van der Waals surface area (Å²) in [6.45, 7) is -0.151. The molecule has 0 amide bonds. The third-order valence-electron chi connectivity index (χ3n) is 6.14. The quantitative estimate of drug-likeness (QED) is 0.146. The van der Waals surface area contributed by atoms with Crippen molar-refractivity contribution in [3.63, 3.8) is 0 Å². The SMILES string of the molecule is O=C(O)Cc1cc(-c2cccc(CO)c2)sc1-c1ccc(-c2sc(-c3cccc(CO)c3)cc2CC(=O)O)s1. The van der Waals surface area contributed by atoms with Crippen LogP contribution in [0, 0.1) is 0 Å². The van der Waals surface area contributed by atoms with E-state index < -0.39 is 11.9 Å². The van der Waals surface area contributed by atoms with Crippen LogP contribution in [0.3, 0.4) is 0 Å². The number of benzene rings is 2. The molecule has 0 atom stereocenters. The number of hydrogen-bond donors (Lipinski definition) is 4. The molecule has 0 saturated heterocycles. The van der Waals surface area contributed by atoms with Gasteiger partial charge in [0.2, 0.25) is 0 Å². The van der Waals surface area contributed by atoms with Gasteiger partial charge >= 0.3 is 11.9 Å². The molecule has 5 rings (SSSR count). The lowest BCUT2D eigenvalue weighted by molar-refractivity contribution is -0.137. The minimum absolute atomic E-state index is 0.0753. The summed E-state index contributed by atoms with van der Waals surface area (Å²) < 4.78 is 0. The molecule has 39 heavy (non-hydrogen) atoms. The molecule has 0 aliphatic carbocycles. The number of aliphatic carboxylic acids is 2. The van der Waals surface area contributed by atoms with E-state index in [1.165, 1.54) is 34.0 Å². The van der Waals surface area contributed by atoms with Gasteiger partial charge in [0.25, 0.3) is 0 Å². The van der Waals surface area contributed by atoms with Crippen LogP contribution in [0.25, 0.3) is 40.4 Å². The van der Waals surface area contributed by atoms with Crippen molar-refractivity contribution >= 4 is 45.9 Å². The molecule has 0 spiro atoms. The highest BCUT2D eigenvalue weighted by Gasteiger charge is 2.20. The number of carbonyl (C=O) groups is 2. The largest absolute Gasteiger partial charge is 0.481 e. The number of aliphatic hydroxyl groups is 2. The average Bonchev–Trinajstić information content (AvgIpc) is 3.66. The van der Waals surface area contributed by atoms with Gasteiger partial charge in [-0.05, 0) is 69.8 Å². The predicted molar refractivity (Wildman–Crippen MR) is 156 cm³/mol. The van der Waals surface area contributed by atoms with Crippen LogP contribution in [-0.4, -0.2) is 32.4 Å². The first-order chi connectivity index (χ1) is 18.8. The smallest absolute Gasteiger partial charge is 0.307 e. The summed E-state index contributed by atoms with van der Waals surface area (Å²) in [6, 6.07) is 22.8. The van der Waals surface area contributed by atoms with Crippen molar-refractivity contribution in [1.29, 1.82) is 0 Å². The minimum atomic E-state index is -0.918. The Morgan fingerprint density at radius 2 is 1.00 bits per heavy atom. The Bertz CT molecular complexity index is 1540. The van der Waals surface area contributed by atoms with Crippen LogP contribution in [-0.2, 0) is 35.6 Å². The second-order valence-corrected chi connectivity index (χ2v) is 12.1. The number of carboxylic acid groups (broad SMARTS) is 2. The third-order valence-corrected chi connectivity index (χ3v) is 10.0. The van der Waals surface area contributed by atoms with Crippen molar-refractivity contribution in [1.82, 2.24) is 0 Å². The van der Waals surface area contributed by atoms with E-state index in [1.54, 1.807) is 0 Å². The molecular formula is C30H24O6S3. The Kier molecular flexibility index (Phi) is 8.06. The molecule has 0 unspecified atom stereocenters. The molecule has 0 fully saturated rings. The van der Waals surface area contributed by atoms with Crippen molar-refractivity contribution in [3.8, 4) is 40.4 Å². The van der Waals surface area contributed by atoms with Gasteiger partial charge in [0.15, 0.2) is 0 Å². The Morgan fingerprint density at radius 3 is 1.38 bits per heavy atom. The second kappa shape index (κ2) is 11.6. The molecule has 0 saturated carbocycles. The summed E-state index contributed by atoms with van der Waals surface area (Å²) in [6.07, 6.45) is -0.235. The average molecular weight is 577 g/mol. The predicted octanol–water partition coefficient (Wildman–Crippen LogP) is 6.78. The number of thiophene rings is 3. The van der Waals surface area contributed by atoms with Gasteiger partial charge in [-0.1, -0.05) is 36.4 Å². The second-order valence-electron chi connectivity index (χ2n) is 8.95. The van der Waals surface area contributed by atoms with E-state index in [9.17, 15) is 30.0 Å². The van der Waals surface area contributed by atoms with Crippen LogP contribution < -0.4 is 0 Å². The first-order valence-corrected chi connectivity index (χ1v) is 14.5. The fourth-order valence-electron chi connectivity index (χ4n) is 4.38. The molecule has 6 nitrogen and oxygen atoms in total. The van der Waals surface area contributed by atoms with Gasteiger partial charge in [0.05, 0.1) is 26.1 Å². The van der Waals surface area contributed by atoms with E-state index >= 15 is 0 Å². The molecule has 9 heteroatoms. The first-order valence-electron chi connectivity index (χ1n) is 12.0. The summed E-state index contributed by atoms with van der Waals surface area (Å²) in [4.78, 5) is 28.7. The van der Waals surface area contributed by atoms with E-state index in [2.05, 4.69) is 0 Å². The highest BCUT2D eigenvalue weighted by Crippen LogP contribution is 2.46. The lowest BCUT2D eigenvalue weighted by Crippen LogP contribution is -1.99. The Morgan fingerprint density at radius 1 is 0.564 bits per heavy atom. The van der Waals surface area contributed by atoms with E-state index in [-0.39, 0.29) is 26.1 Å². The van der Waals surface area contributed by atoms with Crippen molar-refractivity contribution in [2.24, 2.45) is 0 Å². The fourth-order valence-corrected chi connectivity index (χ4v) is 8.03. The van der Waals surface area contributed by atoms with E-state index in [4.69, 9.17) is 0 Å². The van der Waals surface area contributed by atoms with Gasteiger partial charge in [-0.3, -0.25) is 9.59 Å². The number of carboxylic acids is 2. The van der Waals surface area contributed by atoms with Gasteiger partial charge in [0.1, 0.15) is 0 Å². The van der Waals surface area contributed by atoms with Crippen LogP contribution in [0.2, 0.25) is 0 Å². The van der Waals surface area contributed by atoms with Crippen molar-refractivity contribution in [2.75, 3.05) is 0 Å². The number of aliphatic hydroxyl groups excluding tert-OH is 2. The van der Waals surface area contributed by atoms with Crippen LogP contribution in [0.5, 0.6) is 0 Å². The Balaban J connectivity index is 1.56. The van der Waals surface area contributed by atoms with Crippen molar-refractivity contribution in [3.05, 3.63) is 95.1 Å². The van der Waals surface area contributed by atoms with E-state index in [1.807, 2.05) is 72.8 Å². The fraction of sp³-hybridized carbons (Fsp3) is 0.133.